The molecule has 0 bridgehead atoms. The summed E-state index contributed by atoms with van der Waals surface area (Å²) in [5, 5.41) is 3.71. The average molecular weight is 275 g/mol. The van der Waals surface area contributed by atoms with E-state index in [9.17, 15) is 0 Å². The predicted octanol–water partition coefficient (Wildman–Crippen LogP) is 4.49. The molecule has 1 atom stereocenters. The van der Waals surface area contributed by atoms with Crippen molar-refractivity contribution in [2.75, 3.05) is 13.2 Å². The molecule has 1 aliphatic heterocycles. The van der Waals surface area contributed by atoms with Crippen molar-refractivity contribution in [2.24, 2.45) is 5.92 Å². The highest BCUT2D eigenvalue weighted by Crippen LogP contribution is 2.30. The third kappa shape index (κ3) is 4.24. The number of hydrogen-bond donors (Lipinski definition) is 1. The highest BCUT2D eigenvalue weighted by molar-refractivity contribution is 5.40. The molecule has 0 aromatic heterocycles. The number of rotatable bonds is 8. The van der Waals surface area contributed by atoms with Gasteiger partial charge in [0.15, 0.2) is 0 Å². The van der Waals surface area contributed by atoms with Crippen LogP contribution in [0.1, 0.15) is 63.6 Å². The summed E-state index contributed by atoms with van der Waals surface area (Å²) in [6.45, 7) is 8.79. The molecule has 0 spiro atoms. The summed E-state index contributed by atoms with van der Waals surface area (Å²) in [7, 11) is 0. The molecule has 1 unspecified atom stereocenters. The number of hydrogen-bond acceptors (Lipinski definition) is 2. The SMILES string of the molecule is CCCNC(CCCC(C)C)c1ccc2c(c1)CCO2. The molecule has 0 radical (unpaired) electrons. The van der Waals surface area contributed by atoms with E-state index in [1.807, 2.05) is 0 Å². The molecule has 0 saturated carbocycles. The lowest BCUT2D eigenvalue weighted by Crippen LogP contribution is -2.22. The zero-order valence-electron chi connectivity index (χ0n) is 13.2. The molecule has 2 nitrogen and oxygen atoms in total. The summed E-state index contributed by atoms with van der Waals surface area (Å²) in [5.74, 6) is 1.89. The minimum Gasteiger partial charge on any atom is -0.493 e. The first-order valence-corrected chi connectivity index (χ1v) is 8.19. The summed E-state index contributed by atoms with van der Waals surface area (Å²) in [5.41, 5.74) is 2.82. The normalized spacial score (nSPS) is 15.2. The quantitative estimate of drug-likeness (QED) is 0.755. The Morgan fingerprint density at radius 1 is 1.25 bits per heavy atom. The highest BCUT2D eigenvalue weighted by atomic mass is 16.5. The van der Waals surface area contributed by atoms with Crippen LogP contribution in [0.5, 0.6) is 5.75 Å². The van der Waals surface area contributed by atoms with Gasteiger partial charge in [-0.2, -0.15) is 0 Å². The molecule has 20 heavy (non-hydrogen) atoms. The molecular weight excluding hydrogens is 246 g/mol. The van der Waals surface area contributed by atoms with Crippen LogP contribution < -0.4 is 10.1 Å². The van der Waals surface area contributed by atoms with Crippen LogP contribution >= 0.6 is 0 Å². The Bertz CT molecular complexity index is 414. The van der Waals surface area contributed by atoms with Gasteiger partial charge in [0.2, 0.25) is 0 Å². The van der Waals surface area contributed by atoms with E-state index in [0.29, 0.717) is 6.04 Å². The first-order chi connectivity index (χ1) is 9.70. The number of benzene rings is 1. The lowest BCUT2D eigenvalue weighted by Gasteiger charge is -2.20. The van der Waals surface area contributed by atoms with Crippen molar-refractivity contribution in [3.05, 3.63) is 29.3 Å². The van der Waals surface area contributed by atoms with E-state index in [-0.39, 0.29) is 0 Å². The highest BCUT2D eigenvalue weighted by Gasteiger charge is 2.16. The molecule has 1 aromatic carbocycles. The molecule has 1 aromatic rings. The maximum Gasteiger partial charge on any atom is 0.122 e. The van der Waals surface area contributed by atoms with E-state index >= 15 is 0 Å². The zero-order valence-corrected chi connectivity index (χ0v) is 13.2. The van der Waals surface area contributed by atoms with Crippen LogP contribution in [0.25, 0.3) is 0 Å². The van der Waals surface area contributed by atoms with Gasteiger partial charge >= 0.3 is 0 Å². The lowest BCUT2D eigenvalue weighted by molar-refractivity contribution is 0.356. The van der Waals surface area contributed by atoms with Gasteiger partial charge in [0.05, 0.1) is 6.61 Å². The minimum atomic E-state index is 0.500. The van der Waals surface area contributed by atoms with Crippen molar-refractivity contribution in [1.82, 2.24) is 5.32 Å². The van der Waals surface area contributed by atoms with Gasteiger partial charge in [-0.05, 0) is 42.5 Å². The standard InChI is InChI=1S/C18H29NO/c1-4-11-19-17(7-5-6-14(2)3)15-8-9-18-16(13-15)10-12-20-18/h8-9,13-14,17,19H,4-7,10-12H2,1-3H3. The van der Waals surface area contributed by atoms with Gasteiger partial charge in [-0.15, -0.1) is 0 Å². The molecular formula is C18H29NO. The lowest BCUT2D eigenvalue weighted by atomic mass is 9.96. The number of fused-ring (bicyclic) bond motifs is 1. The molecule has 0 fully saturated rings. The molecule has 0 aliphatic carbocycles. The van der Waals surface area contributed by atoms with E-state index < -0.39 is 0 Å². The zero-order chi connectivity index (χ0) is 14.4. The Labute approximate surface area is 123 Å². The van der Waals surface area contributed by atoms with Gasteiger partial charge in [0, 0.05) is 12.5 Å². The third-order valence-electron chi connectivity index (χ3n) is 4.03. The van der Waals surface area contributed by atoms with E-state index in [0.717, 1.165) is 31.2 Å². The Morgan fingerprint density at radius 2 is 2.10 bits per heavy atom. The van der Waals surface area contributed by atoms with Crippen molar-refractivity contribution < 1.29 is 4.74 Å². The third-order valence-corrected chi connectivity index (χ3v) is 4.03. The topological polar surface area (TPSA) is 21.3 Å². The van der Waals surface area contributed by atoms with Crippen molar-refractivity contribution in [3.8, 4) is 5.75 Å². The van der Waals surface area contributed by atoms with Gasteiger partial charge in [0.25, 0.3) is 0 Å². The monoisotopic (exact) mass is 275 g/mol. The van der Waals surface area contributed by atoms with Crippen LogP contribution in [0.4, 0.5) is 0 Å². The van der Waals surface area contributed by atoms with Crippen LogP contribution in [0.3, 0.4) is 0 Å². The fraction of sp³-hybridized carbons (Fsp3) is 0.667. The molecule has 112 valence electrons. The predicted molar refractivity (Wildman–Crippen MR) is 85.4 cm³/mol. The van der Waals surface area contributed by atoms with Crippen LogP contribution in [-0.4, -0.2) is 13.2 Å². The molecule has 0 saturated heterocycles. The van der Waals surface area contributed by atoms with Crippen molar-refractivity contribution in [3.63, 3.8) is 0 Å². The van der Waals surface area contributed by atoms with Crippen molar-refractivity contribution in [2.45, 2.75) is 58.9 Å². The minimum absolute atomic E-state index is 0.500. The summed E-state index contributed by atoms with van der Waals surface area (Å²) in [4.78, 5) is 0. The Balaban J connectivity index is 2.01. The fourth-order valence-electron chi connectivity index (χ4n) is 2.86. The summed E-state index contributed by atoms with van der Waals surface area (Å²) in [6, 6.07) is 7.25. The van der Waals surface area contributed by atoms with E-state index in [1.165, 1.54) is 36.8 Å². The Morgan fingerprint density at radius 3 is 2.85 bits per heavy atom. The van der Waals surface area contributed by atoms with Crippen LogP contribution in [0.15, 0.2) is 18.2 Å². The maximum absolute atomic E-state index is 5.61. The molecule has 0 amide bonds. The smallest absolute Gasteiger partial charge is 0.122 e. The summed E-state index contributed by atoms with van der Waals surface area (Å²) < 4.78 is 5.61. The van der Waals surface area contributed by atoms with Crippen LogP contribution in [0, 0.1) is 5.92 Å². The van der Waals surface area contributed by atoms with Gasteiger partial charge in [-0.25, -0.2) is 0 Å². The molecule has 2 heteroatoms. The molecule has 1 N–H and O–H groups in total. The first kappa shape index (κ1) is 15.4. The van der Waals surface area contributed by atoms with Crippen molar-refractivity contribution >= 4 is 0 Å². The van der Waals surface area contributed by atoms with Crippen LogP contribution in [0.2, 0.25) is 0 Å². The number of ether oxygens (including phenoxy) is 1. The van der Waals surface area contributed by atoms with Gasteiger partial charge in [-0.3, -0.25) is 0 Å². The summed E-state index contributed by atoms with van der Waals surface area (Å²) >= 11 is 0. The second-order valence-corrected chi connectivity index (χ2v) is 6.30. The van der Waals surface area contributed by atoms with E-state index in [1.54, 1.807) is 0 Å². The largest absolute Gasteiger partial charge is 0.493 e. The second kappa shape index (κ2) is 7.68. The van der Waals surface area contributed by atoms with Gasteiger partial charge < -0.3 is 10.1 Å². The summed E-state index contributed by atoms with van der Waals surface area (Å²) in [6.07, 6.45) is 6.10. The van der Waals surface area contributed by atoms with Gasteiger partial charge in [0.1, 0.15) is 5.75 Å². The van der Waals surface area contributed by atoms with Gasteiger partial charge in [-0.1, -0.05) is 45.7 Å². The molecule has 1 aliphatic rings. The average Bonchev–Trinajstić information content (AvgIpc) is 2.89. The number of nitrogens with one attached hydrogen (secondary N) is 1. The fourth-order valence-corrected chi connectivity index (χ4v) is 2.86. The maximum atomic E-state index is 5.61. The molecule has 1 heterocycles. The first-order valence-electron chi connectivity index (χ1n) is 8.19. The van der Waals surface area contributed by atoms with E-state index in [2.05, 4.69) is 44.3 Å². The second-order valence-electron chi connectivity index (χ2n) is 6.30. The van der Waals surface area contributed by atoms with E-state index in [4.69, 9.17) is 4.74 Å². The van der Waals surface area contributed by atoms with Crippen LogP contribution in [-0.2, 0) is 6.42 Å². The van der Waals surface area contributed by atoms with Crippen molar-refractivity contribution in [1.29, 1.82) is 0 Å². The molecule has 2 rings (SSSR count). The Kier molecular flexibility index (Phi) is 5.90. The Hall–Kier alpha value is -1.02.